The van der Waals surface area contributed by atoms with E-state index in [9.17, 15) is 9.18 Å². The number of allylic oxidation sites excluding steroid dienone is 1. The minimum Gasteiger partial charge on any atom is -0.334 e. The molecule has 6 nitrogen and oxygen atoms in total. The Morgan fingerprint density at radius 1 is 0.971 bits per heavy atom. The number of rotatable bonds is 5. The number of carbonyl (C=O) groups is 1. The number of carbonyl (C=O) groups excluding carboxylic acids is 1. The maximum atomic E-state index is 13.4. The van der Waals surface area contributed by atoms with Crippen LogP contribution in [0.5, 0.6) is 0 Å². The Balaban J connectivity index is 1.63. The molecule has 0 fully saturated rings. The van der Waals surface area contributed by atoms with Crippen LogP contribution in [0.3, 0.4) is 0 Å². The van der Waals surface area contributed by atoms with Crippen molar-refractivity contribution in [3.63, 3.8) is 0 Å². The summed E-state index contributed by atoms with van der Waals surface area (Å²) in [7, 11) is 0. The molecule has 8 heteroatoms. The van der Waals surface area contributed by atoms with Crippen LogP contribution in [0.25, 0.3) is 17.0 Å². The Bertz CT molecular complexity index is 1400. The summed E-state index contributed by atoms with van der Waals surface area (Å²) < 4.78 is 19.1. The van der Waals surface area contributed by atoms with Crippen molar-refractivity contribution in [3.8, 4) is 11.4 Å². The largest absolute Gasteiger partial charge is 0.334 e. The highest BCUT2D eigenvalue weighted by atomic mass is 32.2. The SMILES string of the molecule is CSc1ccc(N2C(=O)NC(c3ccc(C)cc3)C(c3nc(-c4ccc(F)cc4)no3)=C2C)cc1. The molecule has 0 radical (unpaired) electrons. The monoisotopic (exact) mass is 486 g/mol. The number of amides is 2. The van der Waals surface area contributed by atoms with E-state index < -0.39 is 6.04 Å². The molecular weight excluding hydrogens is 463 g/mol. The zero-order valence-electron chi connectivity index (χ0n) is 19.4. The summed E-state index contributed by atoms with van der Waals surface area (Å²) in [5, 5.41) is 7.24. The van der Waals surface area contributed by atoms with Gasteiger partial charge in [-0.3, -0.25) is 4.90 Å². The van der Waals surface area contributed by atoms with E-state index in [0.29, 0.717) is 22.7 Å². The van der Waals surface area contributed by atoms with E-state index in [1.54, 1.807) is 28.8 Å². The molecule has 176 valence electrons. The molecule has 1 N–H and O–H groups in total. The predicted molar refractivity (Wildman–Crippen MR) is 135 cm³/mol. The van der Waals surface area contributed by atoms with E-state index >= 15 is 0 Å². The van der Waals surface area contributed by atoms with Gasteiger partial charge in [0.2, 0.25) is 5.82 Å². The number of aryl methyl sites for hydroxylation is 1. The van der Waals surface area contributed by atoms with Crippen molar-refractivity contribution in [2.75, 3.05) is 11.2 Å². The summed E-state index contributed by atoms with van der Waals surface area (Å²) in [6, 6.07) is 20.9. The summed E-state index contributed by atoms with van der Waals surface area (Å²) in [4.78, 5) is 20.7. The van der Waals surface area contributed by atoms with E-state index in [4.69, 9.17) is 4.52 Å². The van der Waals surface area contributed by atoms with E-state index in [1.165, 1.54) is 12.1 Å². The fraction of sp³-hybridized carbons (Fsp3) is 0.148. The smallest absolute Gasteiger partial charge is 0.326 e. The number of anilines is 1. The van der Waals surface area contributed by atoms with Crippen molar-refractivity contribution < 1.29 is 13.7 Å². The normalized spacial score (nSPS) is 15.9. The van der Waals surface area contributed by atoms with Crippen molar-refractivity contribution in [3.05, 3.63) is 101 Å². The molecule has 4 aromatic rings. The van der Waals surface area contributed by atoms with E-state index in [1.807, 2.05) is 68.6 Å². The molecule has 1 unspecified atom stereocenters. The van der Waals surface area contributed by atoms with Crippen molar-refractivity contribution in [2.45, 2.75) is 24.8 Å². The van der Waals surface area contributed by atoms with Gasteiger partial charge in [0.1, 0.15) is 5.82 Å². The molecule has 1 atom stereocenters. The van der Waals surface area contributed by atoms with Crippen LogP contribution >= 0.6 is 11.8 Å². The van der Waals surface area contributed by atoms with Gasteiger partial charge in [0.25, 0.3) is 5.89 Å². The molecule has 3 aromatic carbocycles. The van der Waals surface area contributed by atoms with Crippen LogP contribution in [0.4, 0.5) is 14.9 Å². The first-order chi connectivity index (χ1) is 16.9. The number of urea groups is 1. The number of hydrogen-bond acceptors (Lipinski definition) is 5. The number of benzene rings is 3. The Kier molecular flexibility index (Phi) is 6.13. The second-order valence-corrected chi connectivity index (χ2v) is 9.14. The van der Waals surface area contributed by atoms with Gasteiger partial charge < -0.3 is 9.84 Å². The predicted octanol–water partition coefficient (Wildman–Crippen LogP) is 6.61. The summed E-state index contributed by atoms with van der Waals surface area (Å²) in [5.41, 5.74) is 4.77. The molecule has 35 heavy (non-hydrogen) atoms. The van der Waals surface area contributed by atoms with Crippen molar-refractivity contribution in [2.24, 2.45) is 0 Å². The van der Waals surface area contributed by atoms with Gasteiger partial charge in [-0.25, -0.2) is 9.18 Å². The molecule has 5 rings (SSSR count). The molecule has 0 aliphatic carbocycles. The number of nitrogens with one attached hydrogen (secondary N) is 1. The number of thioether (sulfide) groups is 1. The summed E-state index contributed by atoms with van der Waals surface area (Å²) in [6.45, 7) is 3.89. The summed E-state index contributed by atoms with van der Waals surface area (Å²) in [6.07, 6.45) is 2.01. The Hall–Kier alpha value is -3.91. The summed E-state index contributed by atoms with van der Waals surface area (Å²) >= 11 is 1.64. The van der Waals surface area contributed by atoms with Gasteiger partial charge in [-0.1, -0.05) is 35.0 Å². The zero-order valence-corrected chi connectivity index (χ0v) is 20.3. The first-order valence-corrected chi connectivity index (χ1v) is 12.3. The van der Waals surface area contributed by atoms with Crippen LogP contribution in [-0.4, -0.2) is 22.4 Å². The van der Waals surface area contributed by atoms with Crippen molar-refractivity contribution in [1.82, 2.24) is 15.5 Å². The quantitative estimate of drug-likeness (QED) is 0.322. The third-order valence-corrected chi connectivity index (χ3v) is 6.73. The van der Waals surface area contributed by atoms with Crippen LogP contribution < -0.4 is 10.2 Å². The lowest BCUT2D eigenvalue weighted by molar-refractivity contribution is 0.244. The first kappa shape index (κ1) is 22.9. The van der Waals surface area contributed by atoms with Gasteiger partial charge in [0.05, 0.1) is 17.3 Å². The van der Waals surface area contributed by atoms with Crippen molar-refractivity contribution >= 4 is 29.1 Å². The lowest BCUT2D eigenvalue weighted by Crippen LogP contribution is -2.46. The molecule has 0 saturated carbocycles. The highest BCUT2D eigenvalue weighted by Crippen LogP contribution is 2.39. The number of aromatic nitrogens is 2. The second kappa shape index (κ2) is 9.38. The second-order valence-electron chi connectivity index (χ2n) is 8.26. The fourth-order valence-corrected chi connectivity index (χ4v) is 4.53. The first-order valence-electron chi connectivity index (χ1n) is 11.1. The molecule has 0 saturated heterocycles. The van der Waals surface area contributed by atoms with Crippen LogP contribution in [0.2, 0.25) is 0 Å². The standard InChI is InChI=1S/C27H23FN4O2S/c1-16-4-6-18(7-5-16)24-23(26-30-25(31-34-26)19-8-10-20(28)11-9-19)17(2)32(27(33)29-24)21-12-14-22(35-3)15-13-21/h4-15,24H,1-3H3,(H,29,33). The van der Waals surface area contributed by atoms with Gasteiger partial charge in [-0.2, -0.15) is 4.98 Å². The fourth-order valence-electron chi connectivity index (χ4n) is 4.12. The Labute approximate surface area is 206 Å². The number of halogens is 1. The van der Waals surface area contributed by atoms with Gasteiger partial charge in [0, 0.05) is 16.2 Å². The Morgan fingerprint density at radius 3 is 2.31 bits per heavy atom. The zero-order chi connectivity index (χ0) is 24.5. The summed E-state index contributed by atoms with van der Waals surface area (Å²) in [5.74, 6) is 0.294. The molecule has 2 amide bonds. The molecule has 1 aliphatic rings. The van der Waals surface area contributed by atoms with Gasteiger partial charge in [0.15, 0.2) is 0 Å². The minimum atomic E-state index is -0.480. The lowest BCUT2D eigenvalue weighted by Gasteiger charge is -2.35. The Morgan fingerprint density at radius 2 is 1.66 bits per heavy atom. The van der Waals surface area contributed by atoms with Crippen LogP contribution in [0.1, 0.15) is 30.0 Å². The average Bonchev–Trinajstić information content (AvgIpc) is 3.35. The van der Waals surface area contributed by atoms with Gasteiger partial charge in [-0.15, -0.1) is 11.8 Å². The third-order valence-electron chi connectivity index (χ3n) is 5.98. The van der Waals surface area contributed by atoms with E-state index in [-0.39, 0.29) is 17.7 Å². The van der Waals surface area contributed by atoms with Gasteiger partial charge >= 0.3 is 6.03 Å². The molecule has 1 aliphatic heterocycles. The molecule has 0 spiro atoms. The topological polar surface area (TPSA) is 71.3 Å². The maximum Gasteiger partial charge on any atom is 0.326 e. The van der Waals surface area contributed by atoms with E-state index in [2.05, 4.69) is 15.5 Å². The maximum absolute atomic E-state index is 13.4. The third kappa shape index (κ3) is 4.44. The lowest BCUT2D eigenvalue weighted by atomic mass is 9.94. The average molecular weight is 487 g/mol. The highest BCUT2D eigenvalue weighted by Gasteiger charge is 2.36. The van der Waals surface area contributed by atoms with Crippen molar-refractivity contribution in [1.29, 1.82) is 0 Å². The van der Waals surface area contributed by atoms with E-state index in [0.717, 1.165) is 21.7 Å². The highest BCUT2D eigenvalue weighted by molar-refractivity contribution is 7.98. The number of hydrogen-bond donors (Lipinski definition) is 1. The van der Waals surface area contributed by atoms with Gasteiger partial charge in [-0.05, 0) is 74.2 Å². The van der Waals surface area contributed by atoms with Crippen LogP contribution in [0.15, 0.2) is 87.9 Å². The molecule has 1 aromatic heterocycles. The molecule has 2 heterocycles. The molecular formula is C27H23FN4O2S. The van der Waals surface area contributed by atoms with Crippen LogP contribution in [0, 0.1) is 12.7 Å². The minimum absolute atomic E-state index is 0.244. The number of nitrogens with zero attached hydrogens (tertiary/aromatic N) is 3. The molecule has 0 bridgehead atoms. The van der Waals surface area contributed by atoms with Crippen LogP contribution in [-0.2, 0) is 0 Å².